The van der Waals surface area contributed by atoms with Gasteiger partial charge in [0, 0.05) is 0 Å². The van der Waals surface area contributed by atoms with Crippen molar-refractivity contribution in [2.75, 3.05) is 0 Å². The van der Waals surface area contributed by atoms with E-state index in [0.29, 0.717) is 0 Å². The second kappa shape index (κ2) is 4.70. The summed E-state index contributed by atoms with van der Waals surface area (Å²) in [6.07, 6.45) is 4.48. The quantitative estimate of drug-likeness (QED) is 0.599. The second-order valence-electron chi connectivity index (χ2n) is 7.30. The monoisotopic (exact) mass is 370 g/mol. The number of hydrogen-bond acceptors (Lipinski definition) is 0. The summed E-state index contributed by atoms with van der Waals surface area (Å²) in [4.78, 5) is 7.88. The van der Waals surface area contributed by atoms with Crippen molar-refractivity contribution in [1.82, 2.24) is 0 Å². The van der Waals surface area contributed by atoms with Crippen LogP contribution in [0, 0.1) is 11.8 Å². The zero-order chi connectivity index (χ0) is 12.9. The van der Waals surface area contributed by atoms with Crippen LogP contribution in [0.1, 0.15) is 30.7 Å². The van der Waals surface area contributed by atoms with Gasteiger partial charge < -0.3 is 0 Å². The van der Waals surface area contributed by atoms with Crippen molar-refractivity contribution in [2.24, 2.45) is 11.8 Å². The molecular formula is C16H23ClSn. The Morgan fingerprint density at radius 2 is 1.61 bits per heavy atom. The van der Waals surface area contributed by atoms with E-state index in [0.717, 1.165) is 26.7 Å². The maximum atomic E-state index is 6.04. The number of fused-ring (bicyclic) bond motifs is 2. The topological polar surface area (TPSA) is 0 Å². The van der Waals surface area contributed by atoms with Gasteiger partial charge in [0.25, 0.3) is 0 Å². The van der Waals surface area contributed by atoms with Crippen molar-refractivity contribution in [2.45, 2.75) is 43.9 Å². The first-order valence-corrected chi connectivity index (χ1v) is 17.8. The van der Waals surface area contributed by atoms with Crippen LogP contribution in [0.25, 0.3) is 0 Å². The third-order valence-electron chi connectivity index (χ3n) is 5.17. The van der Waals surface area contributed by atoms with Gasteiger partial charge in [0.1, 0.15) is 0 Å². The molecule has 2 bridgehead atoms. The van der Waals surface area contributed by atoms with Crippen LogP contribution in [0.5, 0.6) is 0 Å². The zero-order valence-electron chi connectivity index (χ0n) is 11.6. The van der Waals surface area contributed by atoms with E-state index < -0.39 is 18.4 Å². The van der Waals surface area contributed by atoms with Gasteiger partial charge in [0.2, 0.25) is 0 Å². The summed E-state index contributed by atoms with van der Waals surface area (Å²) in [5, 5.41) is 0.873. The summed E-state index contributed by atoms with van der Waals surface area (Å²) in [6.45, 7) is 0. The van der Waals surface area contributed by atoms with Gasteiger partial charge in [0.05, 0.1) is 0 Å². The van der Waals surface area contributed by atoms with Gasteiger partial charge in [-0.15, -0.1) is 0 Å². The molecule has 0 aliphatic heterocycles. The molecule has 0 aromatic heterocycles. The van der Waals surface area contributed by atoms with Crippen LogP contribution in [-0.2, 0) is 0 Å². The van der Waals surface area contributed by atoms with E-state index in [1.807, 2.05) is 0 Å². The van der Waals surface area contributed by atoms with E-state index in [4.69, 9.17) is 11.6 Å². The fourth-order valence-electron chi connectivity index (χ4n) is 4.70. The van der Waals surface area contributed by atoms with Crippen LogP contribution < -0.4 is 0 Å². The average Bonchev–Trinajstić information content (AvgIpc) is 2.88. The predicted molar refractivity (Wildman–Crippen MR) is 82.1 cm³/mol. The zero-order valence-corrected chi connectivity index (χ0v) is 15.2. The fourth-order valence-corrected chi connectivity index (χ4v) is 14.1. The van der Waals surface area contributed by atoms with E-state index >= 15 is 0 Å². The molecule has 3 rings (SSSR count). The first-order chi connectivity index (χ1) is 8.47. The molecule has 98 valence electrons. The van der Waals surface area contributed by atoms with Crippen LogP contribution >= 0.6 is 11.6 Å². The number of benzene rings is 1. The Morgan fingerprint density at radius 3 is 2.22 bits per heavy atom. The minimum absolute atomic E-state index is 0.858. The molecule has 0 spiro atoms. The average molecular weight is 370 g/mol. The molecule has 0 saturated heterocycles. The van der Waals surface area contributed by atoms with Crippen LogP contribution in [0.2, 0.25) is 23.8 Å². The predicted octanol–water partition coefficient (Wildman–Crippen LogP) is 5.56. The van der Waals surface area contributed by atoms with Crippen LogP contribution in [0.15, 0.2) is 24.3 Å². The van der Waals surface area contributed by atoms with Crippen molar-refractivity contribution in [3.8, 4) is 0 Å². The molecule has 4 atom stereocenters. The molecular weight excluding hydrogens is 346 g/mol. The number of rotatable bonds is 2. The van der Waals surface area contributed by atoms with Gasteiger partial charge in [-0.05, 0) is 0 Å². The molecule has 2 heteroatoms. The summed E-state index contributed by atoms with van der Waals surface area (Å²) in [7, 11) is 0. The number of hydrogen-bond donors (Lipinski definition) is 0. The summed E-state index contributed by atoms with van der Waals surface area (Å²) in [6, 6.07) is 8.74. The van der Waals surface area contributed by atoms with Crippen molar-refractivity contribution in [3.05, 3.63) is 34.9 Å². The van der Waals surface area contributed by atoms with E-state index in [2.05, 4.69) is 39.1 Å². The van der Waals surface area contributed by atoms with Crippen molar-refractivity contribution in [1.29, 1.82) is 0 Å². The minimum atomic E-state index is -1.83. The first-order valence-electron chi connectivity index (χ1n) is 7.22. The van der Waals surface area contributed by atoms with Crippen molar-refractivity contribution in [3.63, 3.8) is 0 Å². The third-order valence-corrected chi connectivity index (χ3v) is 13.5. The third kappa shape index (κ3) is 2.24. The Kier molecular flexibility index (Phi) is 3.47. The Balaban J connectivity index is 1.96. The molecule has 2 saturated carbocycles. The van der Waals surface area contributed by atoms with Gasteiger partial charge in [-0.1, -0.05) is 0 Å². The van der Waals surface area contributed by atoms with Gasteiger partial charge >= 0.3 is 121 Å². The van der Waals surface area contributed by atoms with Gasteiger partial charge in [-0.25, -0.2) is 0 Å². The van der Waals surface area contributed by atoms with Crippen LogP contribution in [0.4, 0.5) is 0 Å². The molecule has 2 fully saturated rings. The molecule has 0 nitrogen and oxygen atoms in total. The van der Waals surface area contributed by atoms with Gasteiger partial charge in [0.15, 0.2) is 0 Å². The molecule has 2 aliphatic rings. The Labute approximate surface area is 120 Å². The summed E-state index contributed by atoms with van der Waals surface area (Å²) in [5.41, 5.74) is 1.57. The maximum absolute atomic E-state index is 6.04. The normalized spacial score (nSPS) is 35.1. The first kappa shape index (κ1) is 13.3. The molecule has 0 unspecified atom stereocenters. The molecule has 18 heavy (non-hydrogen) atoms. The second-order valence-corrected chi connectivity index (χ2v) is 23.1. The van der Waals surface area contributed by atoms with E-state index in [1.54, 1.807) is 5.56 Å². The molecule has 2 aliphatic carbocycles. The fraction of sp³-hybridized carbons (Fsp3) is 0.625. The summed E-state index contributed by atoms with van der Waals surface area (Å²) in [5.74, 6) is 2.88. The molecule has 1 aromatic rings. The molecule has 1 aromatic carbocycles. The van der Waals surface area contributed by atoms with Gasteiger partial charge in [-0.2, -0.15) is 0 Å². The van der Waals surface area contributed by atoms with Crippen molar-refractivity contribution < 1.29 is 0 Å². The Bertz CT molecular complexity index is 431. The summed E-state index contributed by atoms with van der Waals surface area (Å²) < 4.78 is 1.05. The SMILES string of the molecule is [CH3][Sn]([CH3])([CH3])[C@H]1[C@@H]2CC[C@@H](C2)[C@H]1c1ccc(Cl)cc1. The Hall–Kier alpha value is 0.309. The molecule has 0 N–H and O–H groups in total. The van der Waals surface area contributed by atoms with E-state index in [-0.39, 0.29) is 0 Å². The van der Waals surface area contributed by atoms with Gasteiger partial charge in [-0.3, -0.25) is 0 Å². The molecule has 0 heterocycles. The van der Waals surface area contributed by atoms with Crippen molar-refractivity contribution >= 4 is 30.0 Å². The van der Waals surface area contributed by atoms with Crippen LogP contribution in [0.3, 0.4) is 0 Å². The molecule has 0 radical (unpaired) electrons. The van der Waals surface area contributed by atoms with E-state index in [1.165, 1.54) is 19.3 Å². The number of halogens is 1. The standard InChI is InChI=1S/C13H14Cl.3CH3.Sn/c14-12-5-3-10(4-6-12)13-8-9-1-2-11(13)7-9;;;;/h3-6,8-9,11,13H,1-2,7H2;3*1H3;/t9-,11+,13-;;;;/m1..../s1. The van der Waals surface area contributed by atoms with E-state index in [9.17, 15) is 0 Å². The summed E-state index contributed by atoms with van der Waals surface area (Å²) >= 11 is 4.20. The Morgan fingerprint density at radius 1 is 1.00 bits per heavy atom. The molecule has 0 amide bonds. The van der Waals surface area contributed by atoms with Crippen LogP contribution in [-0.4, -0.2) is 18.4 Å².